The van der Waals surface area contributed by atoms with E-state index >= 15 is 0 Å². The Morgan fingerprint density at radius 2 is 1.82 bits per heavy atom. The maximum Gasteiger partial charge on any atom is 0.271 e. The minimum atomic E-state index is -0.493. The third kappa shape index (κ3) is 7.36. The smallest absolute Gasteiger partial charge is 0.271 e. The molecule has 0 bridgehead atoms. The number of hydrogen-bond acceptors (Lipinski definition) is 6. The summed E-state index contributed by atoms with van der Waals surface area (Å²) in [7, 11) is 1.51. The van der Waals surface area contributed by atoms with Crippen molar-refractivity contribution in [1.29, 1.82) is 0 Å². The summed E-state index contributed by atoms with van der Waals surface area (Å²) in [5.41, 5.74) is 1.85. The van der Waals surface area contributed by atoms with E-state index in [0.29, 0.717) is 47.4 Å². The molecule has 34 heavy (non-hydrogen) atoms. The van der Waals surface area contributed by atoms with Crippen LogP contribution in [-0.4, -0.2) is 25.1 Å². The van der Waals surface area contributed by atoms with Crippen molar-refractivity contribution in [3.05, 3.63) is 91.7 Å². The predicted octanol–water partition coefficient (Wildman–Crippen LogP) is 6.25. The van der Waals surface area contributed by atoms with Crippen LogP contribution in [0.5, 0.6) is 11.5 Å². The molecule has 0 saturated carbocycles. The monoisotopic (exact) mass is 529 g/mol. The molecule has 0 heterocycles. The lowest BCUT2D eigenvalue weighted by molar-refractivity contribution is -0.384. The van der Waals surface area contributed by atoms with Gasteiger partial charge in [0.15, 0.2) is 11.5 Å². The van der Waals surface area contributed by atoms with Gasteiger partial charge in [-0.25, -0.2) is 4.39 Å². The number of rotatable bonds is 11. The van der Waals surface area contributed by atoms with Crippen LogP contribution in [0.25, 0.3) is 0 Å². The molecule has 11 heteroatoms. The maximum atomic E-state index is 13.8. The summed E-state index contributed by atoms with van der Waals surface area (Å²) in [6, 6.07) is 14.2. The van der Waals surface area contributed by atoms with E-state index in [1.807, 2.05) is 0 Å². The Morgan fingerprint density at radius 3 is 2.50 bits per heavy atom. The number of methoxy groups -OCH3 is 1. The number of benzene rings is 3. The molecule has 0 amide bonds. The fraction of sp³-hybridized carbons (Fsp3) is 0.217. The van der Waals surface area contributed by atoms with E-state index in [1.165, 1.54) is 25.3 Å². The summed E-state index contributed by atoms with van der Waals surface area (Å²) in [6.45, 7) is 1.68. The van der Waals surface area contributed by atoms with E-state index in [0.717, 1.165) is 5.56 Å². The lowest BCUT2D eigenvalue weighted by Crippen LogP contribution is -2.22. The van der Waals surface area contributed by atoms with Gasteiger partial charge in [0.1, 0.15) is 12.4 Å². The van der Waals surface area contributed by atoms with Crippen molar-refractivity contribution in [3.8, 4) is 11.5 Å². The van der Waals surface area contributed by atoms with Gasteiger partial charge in [0, 0.05) is 37.3 Å². The highest BCUT2D eigenvalue weighted by molar-refractivity contribution is 6.33. The summed E-state index contributed by atoms with van der Waals surface area (Å²) in [5, 5.41) is 17.8. The van der Waals surface area contributed by atoms with E-state index < -0.39 is 4.92 Å². The molecule has 182 valence electrons. The number of hydrogen-bond donors (Lipinski definition) is 2. The standard InChI is InChI=1S/C23H22Cl2FN3O4.ClH/c1-32-22-11-15(10-19(25)23(22)33-14-16-4-2-3-5-20(16)26)13-27-8-9-28-21-7-6-17(29(30)31)12-18(21)24;/h2-7,10-12,27-28H,8-9,13-14H2,1H3;1H. The summed E-state index contributed by atoms with van der Waals surface area (Å²) in [5.74, 6) is 0.448. The zero-order valence-electron chi connectivity index (χ0n) is 18.1. The largest absolute Gasteiger partial charge is 0.493 e. The Balaban J connectivity index is 0.00000408. The van der Waals surface area contributed by atoms with Crippen molar-refractivity contribution in [2.75, 3.05) is 25.5 Å². The Hall–Kier alpha value is -2.78. The van der Waals surface area contributed by atoms with Crippen LogP contribution in [0.1, 0.15) is 11.1 Å². The number of nitro benzene ring substituents is 1. The fourth-order valence-corrected chi connectivity index (χ4v) is 3.59. The molecule has 7 nitrogen and oxygen atoms in total. The third-order valence-corrected chi connectivity index (χ3v) is 5.32. The number of nitrogens with one attached hydrogen (secondary N) is 2. The summed E-state index contributed by atoms with van der Waals surface area (Å²) in [4.78, 5) is 10.3. The van der Waals surface area contributed by atoms with Crippen molar-refractivity contribution in [1.82, 2.24) is 5.32 Å². The molecule has 0 aliphatic heterocycles. The van der Waals surface area contributed by atoms with Gasteiger partial charge in [-0.3, -0.25) is 10.1 Å². The predicted molar refractivity (Wildman–Crippen MR) is 134 cm³/mol. The molecule has 3 rings (SSSR count). The normalized spacial score (nSPS) is 10.4. The molecule has 0 aromatic heterocycles. The van der Waals surface area contributed by atoms with Crippen LogP contribution in [0.2, 0.25) is 10.0 Å². The van der Waals surface area contributed by atoms with E-state index in [2.05, 4.69) is 10.6 Å². The number of ether oxygens (including phenoxy) is 2. The summed E-state index contributed by atoms with van der Waals surface area (Å²) in [6.07, 6.45) is 0. The average molecular weight is 531 g/mol. The molecule has 3 aromatic carbocycles. The van der Waals surface area contributed by atoms with Crippen molar-refractivity contribution in [3.63, 3.8) is 0 Å². The van der Waals surface area contributed by atoms with Gasteiger partial charge < -0.3 is 20.1 Å². The van der Waals surface area contributed by atoms with Crippen LogP contribution >= 0.6 is 35.6 Å². The number of non-ortho nitro benzene ring substituents is 1. The second-order valence-corrected chi connectivity index (χ2v) is 7.83. The Labute approximate surface area is 212 Å². The van der Waals surface area contributed by atoms with Crippen LogP contribution in [0.15, 0.2) is 54.6 Å². The van der Waals surface area contributed by atoms with Gasteiger partial charge in [-0.1, -0.05) is 41.4 Å². The Bertz CT molecular complexity index is 1130. The molecule has 0 unspecified atom stereocenters. The van der Waals surface area contributed by atoms with Gasteiger partial charge in [0.2, 0.25) is 0 Å². The number of nitro groups is 1. The summed E-state index contributed by atoms with van der Waals surface area (Å²) >= 11 is 12.5. The van der Waals surface area contributed by atoms with Gasteiger partial charge in [0.25, 0.3) is 5.69 Å². The van der Waals surface area contributed by atoms with E-state index in [4.69, 9.17) is 32.7 Å². The first-order valence-corrected chi connectivity index (χ1v) is 10.8. The molecule has 0 aliphatic carbocycles. The van der Waals surface area contributed by atoms with Crippen molar-refractivity contribution in [2.45, 2.75) is 13.2 Å². The minimum absolute atomic E-state index is 0. The van der Waals surface area contributed by atoms with Gasteiger partial charge in [-0.15, -0.1) is 12.4 Å². The first-order chi connectivity index (χ1) is 15.9. The van der Waals surface area contributed by atoms with E-state index in [1.54, 1.807) is 36.4 Å². The third-order valence-electron chi connectivity index (χ3n) is 4.73. The molecule has 0 saturated heterocycles. The highest BCUT2D eigenvalue weighted by Crippen LogP contribution is 2.37. The first-order valence-electron chi connectivity index (χ1n) is 10.00. The lowest BCUT2D eigenvalue weighted by atomic mass is 10.2. The second-order valence-electron chi connectivity index (χ2n) is 7.01. The maximum absolute atomic E-state index is 13.8. The molecule has 0 atom stereocenters. The van der Waals surface area contributed by atoms with Crippen LogP contribution in [0, 0.1) is 15.9 Å². The molecule has 0 aliphatic rings. The highest BCUT2D eigenvalue weighted by Gasteiger charge is 2.14. The van der Waals surface area contributed by atoms with Gasteiger partial charge in [0.05, 0.1) is 27.8 Å². The second kappa shape index (κ2) is 13.2. The van der Waals surface area contributed by atoms with Gasteiger partial charge in [-0.2, -0.15) is 0 Å². The van der Waals surface area contributed by atoms with Gasteiger partial charge in [-0.05, 0) is 29.8 Å². The molecule has 0 spiro atoms. The number of halogens is 4. The quantitative estimate of drug-likeness (QED) is 0.173. The zero-order valence-corrected chi connectivity index (χ0v) is 20.5. The number of nitrogens with zero attached hydrogens (tertiary/aromatic N) is 1. The Morgan fingerprint density at radius 1 is 1.06 bits per heavy atom. The molecule has 3 aromatic rings. The van der Waals surface area contributed by atoms with E-state index in [-0.39, 0.29) is 35.5 Å². The zero-order chi connectivity index (χ0) is 23.8. The highest BCUT2D eigenvalue weighted by atomic mass is 35.5. The van der Waals surface area contributed by atoms with E-state index in [9.17, 15) is 14.5 Å². The van der Waals surface area contributed by atoms with Gasteiger partial charge >= 0.3 is 0 Å². The van der Waals surface area contributed by atoms with Crippen molar-refractivity contribution >= 4 is 47.0 Å². The molecule has 0 radical (unpaired) electrons. The molecular weight excluding hydrogens is 508 g/mol. The fourth-order valence-electron chi connectivity index (χ4n) is 3.06. The molecule has 0 fully saturated rings. The molecular formula is C23H23Cl3FN3O4. The Kier molecular flexibility index (Phi) is 10.7. The topological polar surface area (TPSA) is 85.7 Å². The summed E-state index contributed by atoms with van der Waals surface area (Å²) < 4.78 is 25.0. The van der Waals surface area contributed by atoms with Crippen LogP contribution < -0.4 is 20.1 Å². The van der Waals surface area contributed by atoms with Crippen molar-refractivity contribution in [2.24, 2.45) is 0 Å². The lowest BCUT2D eigenvalue weighted by Gasteiger charge is -2.15. The van der Waals surface area contributed by atoms with Crippen LogP contribution in [0.3, 0.4) is 0 Å². The SMILES string of the molecule is COc1cc(CNCCNc2ccc([N+](=O)[O-])cc2Cl)cc(Cl)c1OCc1ccccc1F.Cl. The number of anilines is 1. The van der Waals surface area contributed by atoms with Crippen molar-refractivity contribution < 1.29 is 18.8 Å². The minimum Gasteiger partial charge on any atom is -0.493 e. The first kappa shape index (κ1) is 27.5. The van der Waals surface area contributed by atoms with Crippen LogP contribution in [-0.2, 0) is 13.2 Å². The molecule has 2 N–H and O–H groups in total. The van der Waals surface area contributed by atoms with Crippen LogP contribution in [0.4, 0.5) is 15.8 Å². The average Bonchev–Trinajstić information content (AvgIpc) is 2.79.